The predicted octanol–water partition coefficient (Wildman–Crippen LogP) is 1.70. The Morgan fingerprint density at radius 3 is 2.48 bits per heavy atom. The zero-order valence-corrected chi connectivity index (χ0v) is 12.0. The Kier molecular flexibility index (Phi) is 6.94. The number of amides is 2. The Morgan fingerprint density at radius 2 is 1.90 bits per heavy atom. The minimum Gasteiger partial charge on any atom is -0.441 e. The molecule has 2 amide bonds. The zero-order valence-electron chi connectivity index (χ0n) is 12.0. The van der Waals surface area contributed by atoms with E-state index in [0.717, 1.165) is 5.56 Å². The number of nitrogens with one attached hydrogen (secondary N) is 1. The predicted molar refractivity (Wildman–Crippen MR) is 77.4 cm³/mol. The van der Waals surface area contributed by atoms with Crippen molar-refractivity contribution in [1.29, 1.82) is 0 Å². The molecule has 0 heterocycles. The van der Waals surface area contributed by atoms with Crippen LogP contribution >= 0.6 is 0 Å². The smallest absolute Gasteiger partial charge is 0.405 e. The molecular formula is C15H20N2O4. The number of primary amides is 1. The van der Waals surface area contributed by atoms with E-state index >= 15 is 0 Å². The number of hydrogen-bond acceptors (Lipinski definition) is 4. The zero-order chi connectivity index (χ0) is 15.7. The summed E-state index contributed by atoms with van der Waals surface area (Å²) >= 11 is 0. The number of hydrogen-bond donors (Lipinski definition) is 2. The first-order valence-corrected chi connectivity index (χ1v) is 6.82. The van der Waals surface area contributed by atoms with E-state index in [1.807, 2.05) is 18.2 Å². The maximum Gasteiger partial charge on any atom is 0.405 e. The van der Waals surface area contributed by atoms with Crippen LogP contribution in [-0.4, -0.2) is 24.3 Å². The molecule has 6 nitrogen and oxygen atoms in total. The molecule has 1 atom stereocenters. The van der Waals surface area contributed by atoms with Gasteiger partial charge in [-0.1, -0.05) is 37.3 Å². The van der Waals surface area contributed by atoms with Crippen molar-refractivity contribution in [3.63, 3.8) is 0 Å². The van der Waals surface area contributed by atoms with Crippen LogP contribution in [0.5, 0.6) is 0 Å². The average molecular weight is 292 g/mol. The topological polar surface area (TPSA) is 98.5 Å². The first-order valence-electron chi connectivity index (χ1n) is 6.82. The second-order valence-electron chi connectivity index (χ2n) is 4.54. The highest BCUT2D eigenvalue weighted by Crippen LogP contribution is 2.22. The molecule has 0 aliphatic rings. The Bertz CT molecular complexity index is 488. The lowest BCUT2D eigenvalue weighted by molar-refractivity contribution is -0.125. The van der Waals surface area contributed by atoms with Gasteiger partial charge in [0.25, 0.3) is 0 Å². The van der Waals surface area contributed by atoms with Gasteiger partial charge in [0, 0.05) is 12.8 Å². The van der Waals surface area contributed by atoms with Gasteiger partial charge in [-0.25, -0.2) is 4.79 Å². The maximum absolute atomic E-state index is 11.6. The number of benzene rings is 1. The third-order valence-corrected chi connectivity index (χ3v) is 2.94. The SMILES string of the molecule is CCC(=O)CNC(=O)CCC(OC(N)=O)c1ccccc1. The number of rotatable bonds is 8. The Balaban J connectivity index is 2.52. The average Bonchev–Trinajstić information content (AvgIpc) is 2.49. The van der Waals surface area contributed by atoms with Crippen molar-refractivity contribution in [2.24, 2.45) is 5.73 Å². The fraction of sp³-hybridized carbons (Fsp3) is 0.400. The molecular weight excluding hydrogens is 272 g/mol. The van der Waals surface area contributed by atoms with Crippen LogP contribution in [-0.2, 0) is 14.3 Å². The molecule has 0 aliphatic carbocycles. The molecule has 0 saturated heterocycles. The number of carbonyl (C=O) groups is 3. The van der Waals surface area contributed by atoms with Crippen molar-refractivity contribution < 1.29 is 19.1 Å². The van der Waals surface area contributed by atoms with E-state index in [2.05, 4.69) is 5.32 Å². The maximum atomic E-state index is 11.6. The second-order valence-corrected chi connectivity index (χ2v) is 4.54. The molecule has 0 saturated carbocycles. The lowest BCUT2D eigenvalue weighted by Crippen LogP contribution is -2.29. The number of nitrogens with two attached hydrogens (primary N) is 1. The molecule has 21 heavy (non-hydrogen) atoms. The minimum absolute atomic E-state index is 0.0298. The summed E-state index contributed by atoms with van der Waals surface area (Å²) < 4.78 is 5.03. The van der Waals surface area contributed by atoms with Crippen molar-refractivity contribution in [3.8, 4) is 0 Å². The van der Waals surface area contributed by atoms with Gasteiger partial charge in [0.15, 0.2) is 5.78 Å². The third kappa shape index (κ3) is 6.56. The normalized spacial score (nSPS) is 11.5. The summed E-state index contributed by atoms with van der Waals surface area (Å²) in [5, 5.41) is 2.53. The summed E-state index contributed by atoms with van der Waals surface area (Å²) in [5.74, 6) is -0.290. The summed E-state index contributed by atoms with van der Waals surface area (Å²) in [5.41, 5.74) is 5.82. The molecule has 0 aromatic heterocycles. The van der Waals surface area contributed by atoms with Crippen molar-refractivity contribution in [1.82, 2.24) is 5.32 Å². The van der Waals surface area contributed by atoms with Gasteiger partial charge >= 0.3 is 6.09 Å². The molecule has 0 bridgehead atoms. The standard InChI is InChI=1S/C15H20N2O4/c1-2-12(18)10-17-14(19)9-8-13(21-15(16)20)11-6-4-3-5-7-11/h3-7,13H,2,8-10H2,1H3,(H2,16,20)(H,17,19). The van der Waals surface area contributed by atoms with Gasteiger partial charge in [0.1, 0.15) is 6.10 Å². The van der Waals surface area contributed by atoms with E-state index in [-0.39, 0.29) is 24.7 Å². The lowest BCUT2D eigenvalue weighted by Gasteiger charge is -2.16. The Labute approximate surface area is 123 Å². The molecule has 1 unspecified atom stereocenters. The molecule has 1 rings (SSSR count). The molecule has 0 radical (unpaired) electrons. The second kappa shape index (κ2) is 8.73. The summed E-state index contributed by atoms with van der Waals surface area (Å²) in [7, 11) is 0. The van der Waals surface area contributed by atoms with Crippen LogP contribution in [0.15, 0.2) is 30.3 Å². The number of ether oxygens (including phenoxy) is 1. The highest BCUT2D eigenvalue weighted by Gasteiger charge is 2.16. The summed E-state index contributed by atoms with van der Waals surface area (Å²) in [6, 6.07) is 9.06. The van der Waals surface area contributed by atoms with Crippen LogP contribution in [0.3, 0.4) is 0 Å². The van der Waals surface area contributed by atoms with E-state index < -0.39 is 12.2 Å². The number of Topliss-reactive ketones (excluding diaryl/α,β-unsaturated/α-hetero) is 1. The van der Waals surface area contributed by atoms with Gasteiger partial charge in [0.05, 0.1) is 6.54 Å². The molecule has 1 aromatic carbocycles. The van der Waals surface area contributed by atoms with Gasteiger partial charge in [-0.05, 0) is 12.0 Å². The lowest BCUT2D eigenvalue weighted by atomic mass is 10.0. The number of ketones is 1. The van der Waals surface area contributed by atoms with Gasteiger partial charge in [0.2, 0.25) is 5.91 Å². The Morgan fingerprint density at radius 1 is 1.24 bits per heavy atom. The largest absolute Gasteiger partial charge is 0.441 e. The van der Waals surface area contributed by atoms with Gasteiger partial charge in [-0.2, -0.15) is 0 Å². The molecule has 0 spiro atoms. The van der Waals surface area contributed by atoms with Crippen LogP contribution in [0.2, 0.25) is 0 Å². The summed E-state index contributed by atoms with van der Waals surface area (Å²) in [4.78, 5) is 33.7. The Hall–Kier alpha value is -2.37. The highest BCUT2D eigenvalue weighted by molar-refractivity contribution is 5.85. The molecule has 0 aliphatic heterocycles. The van der Waals surface area contributed by atoms with Crippen LogP contribution in [0.4, 0.5) is 4.79 Å². The van der Waals surface area contributed by atoms with Crippen molar-refractivity contribution >= 4 is 17.8 Å². The minimum atomic E-state index is -0.884. The van der Waals surface area contributed by atoms with E-state index in [4.69, 9.17) is 10.5 Å². The molecule has 1 aromatic rings. The van der Waals surface area contributed by atoms with Crippen LogP contribution in [0.1, 0.15) is 37.9 Å². The summed E-state index contributed by atoms with van der Waals surface area (Å²) in [6.45, 7) is 1.77. The van der Waals surface area contributed by atoms with Gasteiger partial charge in [-0.3, -0.25) is 9.59 Å². The third-order valence-electron chi connectivity index (χ3n) is 2.94. The molecule has 0 fully saturated rings. The van der Waals surface area contributed by atoms with E-state index in [1.54, 1.807) is 19.1 Å². The molecule has 3 N–H and O–H groups in total. The quantitative estimate of drug-likeness (QED) is 0.761. The first kappa shape index (κ1) is 16.7. The fourth-order valence-corrected chi connectivity index (χ4v) is 1.77. The van der Waals surface area contributed by atoms with Gasteiger partial charge < -0.3 is 15.8 Å². The van der Waals surface area contributed by atoms with Crippen molar-refractivity contribution in [2.75, 3.05) is 6.54 Å². The van der Waals surface area contributed by atoms with Gasteiger partial charge in [-0.15, -0.1) is 0 Å². The van der Waals surface area contributed by atoms with Crippen LogP contribution in [0.25, 0.3) is 0 Å². The number of carbonyl (C=O) groups excluding carboxylic acids is 3. The fourth-order valence-electron chi connectivity index (χ4n) is 1.77. The van der Waals surface area contributed by atoms with Crippen LogP contribution in [0, 0.1) is 0 Å². The highest BCUT2D eigenvalue weighted by atomic mass is 16.6. The van der Waals surface area contributed by atoms with Crippen LogP contribution < -0.4 is 11.1 Å². The van der Waals surface area contributed by atoms with Crippen molar-refractivity contribution in [3.05, 3.63) is 35.9 Å². The monoisotopic (exact) mass is 292 g/mol. The first-order chi connectivity index (χ1) is 10.0. The molecule has 6 heteroatoms. The molecule has 114 valence electrons. The summed E-state index contributed by atoms with van der Waals surface area (Å²) in [6.07, 6.45) is -0.623. The van der Waals surface area contributed by atoms with E-state index in [9.17, 15) is 14.4 Å². The van der Waals surface area contributed by atoms with E-state index in [0.29, 0.717) is 12.8 Å². The van der Waals surface area contributed by atoms with E-state index in [1.165, 1.54) is 0 Å². The van der Waals surface area contributed by atoms with Crippen molar-refractivity contribution in [2.45, 2.75) is 32.3 Å².